The molecular weight excluding hydrogens is 340 g/mol. The van der Waals surface area contributed by atoms with Crippen LogP contribution in [0.15, 0.2) is 46.3 Å². The maximum absolute atomic E-state index is 12.8. The molecule has 126 valence electrons. The maximum Gasteiger partial charge on any atom is 0.262 e. The predicted octanol–water partition coefficient (Wildman–Crippen LogP) is 4.21. The van der Waals surface area contributed by atoms with Crippen LogP contribution < -0.4 is 10.3 Å². The second kappa shape index (κ2) is 7.85. The predicted molar refractivity (Wildman–Crippen MR) is 102 cm³/mol. The number of fused-ring (bicyclic) bond motifs is 1. The van der Waals surface area contributed by atoms with Crippen molar-refractivity contribution < 1.29 is 4.74 Å². The minimum absolute atomic E-state index is 0.0556. The molecular formula is C18H20N2O2S2. The lowest BCUT2D eigenvalue weighted by atomic mass is 10.3. The number of thiophene rings is 1. The maximum atomic E-state index is 12.8. The summed E-state index contributed by atoms with van der Waals surface area (Å²) in [6.45, 7) is 3.29. The van der Waals surface area contributed by atoms with E-state index in [9.17, 15) is 4.79 Å². The number of ether oxygens (including phenoxy) is 1. The van der Waals surface area contributed by atoms with Crippen molar-refractivity contribution in [2.24, 2.45) is 0 Å². The monoisotopic (exact) mass is 360 g/mol. The molecule has 0 radical (unpaired) electrons. The van der Waals surface area contributed by atoms with Gasteiger partial charge in [-0.2, -0.15) is 0 Å². The largest absolute Gasteiger partial charge is 0.494 e. The topological polar surface area (TPSA) is 44.1 Å². The summed E-state index contributed by atoms with van der Waals surface area (Å²) in [4.78, 5) is 19.5. The number of hydrogen-bond acceptors (Lipinski definition) is 5. The SMILES string of the molecule is CCc1cc2c(=O)n(CCCOc3ccccc3)c(SC)nc2s1. The van der Waals surface area contributed by atoms with Crippen LogP contribution in [-0.2, 0) is 13.0 Å². The summed E-state index contributed by atoms with van der Waals surface area (Å²) in [7, 11) is 0. The number of aryl methyl sites for hydroxylation is 1. The van der Waals surface area contributed by atoms with E-state index in [1.165, 1.54) is 16.6 Å². The Morgan fingerprint density at radius 1 is 1.29 bits per heavy atom. The van der Waals surface area contributed by atoms with E-state index in [1.54, 1.807) is 15.9 Å². The highest BCUT2D eigenvalue weighted by atomic mass is 32.2. The highest BCUT2D eigenvalue weighted by Crippen LogP contribution is 2.24. The van der Waals surface area contributed by atoms with Crippen LogP contribution in [0, 0.1) is 0 Å². The fraction of sp³-hybridized carbons (Fsp3) is 0.333. The molecule has 0 fully saturated rings. The number of rotatable bonds is 7. The lowest BCUT2D eigenvalue weighted by Gasteiger charge is -2.11. The Balaban J connectivity index is 1.75. The van der Waals surface area contributed by atoms with Gasteiger partial charge in [0.05, 0.1) is 12.0 Å². The van der Waals surface area contributed by atoms with Crippen molar-refractivity contribution >= 4 is 33.3 Å². The molecule has 0 saturated heterocycles. The number of nitrogens with zero attached hydrogens (tertiary/aromatic N) is 2. The lowest BCUT2D eigenvalue weighted by Crippen LogP contribution is -2.23. The zero-order valence-electron chi connectivity index (χ0n) is 13.8. The average molecular weight is 361 g/mol. The van der Waals surface area contributed by atoms with Crippen molar-refractivity contribution in [3.05, 3.63) is 51.6 Å². The Morgan fingerprint density at radius 3 is 2.79 bits per heavy atom. The zero-order valence-corrected chi connectivity index (χ0v) is 15.5. The highest BCUT2D eigenvalue weighted by Gasteiger charge is 2.13. The molecule has 24 heavy (non-hydrogen) atoms. The van der Waals surface area contributed by atoms with Gasteiger partial charge in [-0.1, -0.05) is 36.9 Å². The quantitative estimate of drug-likeness (QED) is 0.360. The highest BCUT2D eigenvalue weighted by molar-refractivity contribution is 7.98. The van der Waals surface area contributed by atoms with E-state index in [-0.39, 0.29) is 5.56 Å². The standard InChI is InChI=1S/C18H20N2O2S2/c1-3-14-12-15-16(24-14)19-18(23-2)20(17(15)21)10-7-11-22-13-8-5-4-6-9-13/h4-6,8-9,12H,3,7,10-11H2,1-2H3. The molecule has 0 aliphatic carbocycles. The molecule has 0 saturated carbocycles. The van der Waals surface area contributed by atoms with Crippen molar-refractivity contribution in [2.45, 2.75) is 31.5 Å². The molecule has 0 amide bonds. The molecule has 1 aromatic carbocycles. The van der Waals surface area contributed by atoms with Gasteiger partial charge in [-0.05, 0) is 37.3 Å². The normalized spacial score (nSPS) is 11.1. The van der Waals surface area contributed by atoms with Crippen LogP contribution in [0.25, 0.3) is 10.2 Å². The van der Waals surface area contributed by atoms with E-state index >= 15 is 0 Å². The molecule has 0 spiro atoms. The molecule has 2 heterocycles. The van der Waals surface area contributed by atoms with E-state index < -0.39 is 0 Å². The molecule has 0 atom stereocenters. The van der Waals surface area contributed by atoms with Crippen molar-refractivity contribution in [2.75, 3.05) is 12.9 Å². The van der Waals surface area contributed by atoms with E-state index in [4.69, 9.17) is 4.74 Å². The second-order valence-corrected chi connectivity index (χ2v) is 7.24. The summed E-state index contributed by atoms with van der Waals surface area (Å²) >= 11 is 3.13. The summed E-state index contributed by atoms with van der Waals surface area (Å²) < 4.78 is 7.48. The Kier molecular flexibility index (Phi) is 5.58. The minimum atomic E-state index is 0.0556. The molecule has 4 nitrogen and oxygen atoms in total. The Bertz CT molecular complexity index is 872. The van der Waals surface area contributed by atoms with Crippen LogP contribution in [0.5, 0.6) is 5.75 Å². The summed E-state index contributed by atoms with van der Waals surface area (Å²) in [5, 5.41) is 1.51. The van der Waals surface area contributed by atoms with E-state index in [1.807, 2.05) is 42.7 Å². The van der Waals surface area contributed by atoms with Gasteiger partial charge in [0.2, 0.25) is 0 Å². The van der Waals surface area contributed by atoms with Crippen molar-refractivity contribution in [3.8, 4) is 5.75 Å². The van der Waals surface area contributed by atoms with Crippen LogP contribution >= 0.6 is 23.1 Å². The van der Waals surface area contributed by atoms with Crippen LogP contribution in [0.3, 0.4) is 0 Å². The van der Waals surface area contributed by atoms with Gasteiger partial charge in [-0.25, -0.2) is 4.98 Å². The lowest BCUT2D eigenvalue weighted by molar-refractivity contribution is 0.298. The second-order valence-electron chi connectivity index (χ2n) is 5.36. The van der Waals surface area contributed by atoms with Crippen LogP contribution in [0.2, 0.25) is 0 Å². The first-order chi connectivity index (χ1) is 11.7. The third-order valence-corrected chi connectivity index (χ3v) is 5.59. The molecule has 0 N–H and O–H groups in total. The van der Waals surface area contributed by atoms with Crippen LogP contribution in [-0.4, -0.2) is 22.4 Å². The molecule has 0 unspecified atom stereocenters. The number of benzene rings is 1. The van der Waals surface area contributed by atoms with Gasteiger partial charge in [0.25, 0.3) is 5.56 Å². The van der Waals surface area contributed by atoms with Crippen molar-refractivity contribution in [3.63, 3.8) is 0 Å². The van der Waals surface area contributed by atoms with Crippen LogP contribution in [0.4, 0.5) is 0 Å². The first-order valence-corrected chi connectivity index (χ1v) is 10.0. The Hall–Kier alpha value is -1.79. The molecule has 0 bridgehead atoms. The van der Waals surface area contributed by atoms with Gasteiger partial charge in [0.15, 0.2) is 5.16 Å². The fourth-order valence-electron chi connectivity index (χ4n) is 2.50. The first-order valence-electron chi connectivity index (χ1n) is 7.98. The summed E-state index contributed by atoms with van der Waals surface area (Å²) in [5.74, 6) is 0.855. The smallest absolute Gasteiger partial charge is 0.262 e. The van der Waals surface area contributed by atoms with Gasteiger partial charge in [0, 0.05) is 11.4 Å². The van der Waals surface area contributed by atoms with Gasteiger partial charge < -0.3 is 4.74 Å². The average Bonchev–Trinajstić information content (AvgIpc) is 3.04. The number of aromatic nitrogens is 2. The molecule has 3 rings (SSSR count). The molecule has 0 aliphatic rings. The van der Waals surface area contributed by atoms with E-state index in [0.29, 0.717) is 13.2 Å². The third-order valence-electron chi connectivity index (χ3n) is 3.74. The fourth-order valence-corrected chi connectivity index (χ4v) is 4.10. The van der Waals surface area contributed by atoms with E-state index in [2.05, 4.69) is 11.9 Å². The zero-order chi connectivity index (χ0) is 16.9. The molecule has 6 heteroatoms. The van der Waals surface area contributed by atoms with Crippen molar-refractivity contribution in [1.82, 2.24) is 9.55 Å². The van der Waals surface area contributed by atoms with Gasteiger partial charge in [-0.3, -0.25) is 9.36 Å². The minimum Gasteiger partial charge on any atom is -0.494 e. The molecule has 2 aromatic heterocycles. The Labute approximate surface area is 149 Å². The Morgan fingerprint density at radius 2 is 2.08 bits per heavy atom. The van der Waals surface area contributed by atoms with E-state index in [0.717, 1.165) is 34.0 Å². The first kappa shape index (κ1) is 17.0. The summed E-state index contributed by atoms with van der Waals surface area (Å²) in [6.07, 6.45) is 3.65. The number of thioether (sulfide) groups is 1. The van der Waals surface area contributed by atoms with Gasteiger partial charge in [0.1, 0.15) is 10.6 Å². The van der Waals surface area contributed by atoms with Crippen molar-refractivity contribution in [1.29, 1.82) is 0 Å². The summed E-state index contributed by atoms with van der Waals surface area (Å²) in [6, 6.07) is 11.7. The number of hydrogen-bond donors (Lipinski definition) is 0. The third kappa shape index (κ3) is 3.65. The van der Waals surface area contributed by atoms with Crippen LogP contribution in [0.1, 0.15) is 18.2 Å². The summed E-state index contributed by atoms with van der Waals surface area (Å²) in [5.41, 5.74) is 0.0556. The molecule has 3 aromatic rings. The number of para-hydroxylation sites is 1. The van der Waals surface area contributed by atoms with Gasteiger partial charge >= 0.3 is 0 Å². The van der Waals surface area contributed by atoms with Gasteiger partial charge in [-0.15, -0.1) is 11.3 Å². The molecule has 0 aliphatic heterocycles.